The Bertz CT molecular complexity index is 441. The van der Waals surface area contributed by atoms with E-state index in [-0.39, 0.29) is 5.91 Å². The highest BCUT2D eigenvalue weighted by Crippen LogP contribution is 2.12. The number of carbonyl (C=O) groups is 1. The Hall–Kier alpha value is -1.39. The maximum atomic E-state index is 11.2. The quantitative estimate of drug-likeness (QED) is 0.831. The Morgan fingerprint density at radius 2 is 2.30 bits per heavy atom. The van der Waals surface area contributed by atoms with Crippen molar-refractivity contribution in [3.8, 4) is 0 Å². The molecular formula is C16H25N3O. The number of benzene rings is 1. The number of amides is 1. The maximum absolute atomic E-state index is 11.2. The monoisotopic (exact) mass is 275 g/mol. The first-order valence-electron chi connectivity index (χ1n) is 7.53. The summed E-state index contributed by atoms with van der Waals surface area (Å²) in [6.45, 7) is 6.27. The molecular weight excluding hydrogens is 250 g/mol. The molecule has 1 aromatic rings. The summed E-state index contributed by atoms with van der Waals surface area (Å²) in [6, 6.07) is 8.23. The summed E-state index contributed by atoms with van der Waals surface area (Å²) in [5.74, 6) is -0.358. The molecule has 1 fully saturated rings. The Kier molecular flexibility index (Phi) is 5.56. The highest BCUT2D eigenvalue weighted by atomic mass is 16.1. The number of nitrogens with one attached hydrogen (secondary N) is 1. The summed E-state index contributed by atoms with van der Waals surface area (Å²) < 4.78 is 0. The van der Waals surface area contributed by atoms with E-state index in [9.17, 15) is 4.79 Å². The topological polar surface area (TPSA) is 58.4 Å². The minimum Gasteiger partial charge on any atom is -0.366 e. The van der Waals surface area contributed by atoms with E-state index in [4.69, 9.17) is 5.73 Å². The second-order valence-electron chi connectivity index (χ2n) is 5.54. The zero-order chi connectivity index (χ0) is 14.4. The fourth-order valence-electron chi connectivity index (χ4n) is 2.78. The number of hydrogen-bond acceptors (Lipinski definition) is 3. The molecule has 1 atom stereocenters. The first-order chi connectivity index (χ1) is 9.69. The van der Waals surface area contributed by atoms with Crippen molar-refractivity contribution in [2.24, 2.45) is 5.73 Å². The normalized spacial score (nSPS) is 19.2. The summed E-state index contributed by atoms with van der Waals surface area (Å²) >= 11 is 0. The zero-order valence-electron chi connectivity index (χ0n) is 12.3. The van der Waals surface area contributed by atoms with Gasteiger partial charge in [0, 0.05) is 24.7 Å². The van der Waals surface area contributed by atoms with Gasteiger partial charge in [0.05, 0.1) is 0 Å². The Labute approximate surface area is 121 Å². The molecule has 1 saturated heterocycles. The first kappa shape index (κ1) is 15.0. The van der Waals surface area contributed by atoms with Gasteiger partial charge in [-0.25, -0.2) is 0 Å². The third-order valence-corrected chi connectivity index (χ3v) is 3.96. The second kappa shape index (κ2) is 7.41. The minimum absolute atomic E-state index is 0.358. The van der Waals surface area contributed by atoms with Gasteiger partial charge >= 0.3 is 0 Å². The summed E-state index contributed by atoms with van der Waals surface area (Å²) in [4.78, 5) is 13.6. The molecule has 2 rings (SSSR count). The van der Waals surface area contributed by atoms with Gasteiger partial charge in [-0.1, -0.05) is 25.5 Å². The molecule has 1 aromatic carbocycles. The van der Waals surface area contributed by atoms with Gasteiger partial charge in [0.2, 0.25) is 5.91 Å². The molecule has 3 N–H and O–H groups in total. The van der Waals surface area contributed by atoms with E-state index in [1.807, 2.05) is 12.1 Å². The smallest absolute Gasteiger partial charge is 0.248 e. The average Bonchev–Trinajstić information content (AvgIpc) is 2.48. The molecule has 0 saturated carbocycles. The predicted octanol–water partition coefficient (Wildman–Crippen LogP) is 1.75. The molecule has 4 heteroatoms. The van der Waals surface area contributed by atoms with Crippen LogP contribution in [0.3, 0.4) is 0 Å². The van der Waals surface area contributed by atoms with E-state index in [1.54, 1.807) is 6.07 Å². The highest BCUT2D eigenvalue weighted by molar-refractivity contribution is 5.92. The number of nitrogens with two attached hydrogens (primary N) is 1. The number of primary amides is 1. The van der Waals surface area contributed by atoms with Crippen molar-refractivity contribution in [1.82, 2.24) is 10.2 Å². The molecule has 0 aromatic heterocycles. The van der Waals surface area contributed by atoms with Crippen LogP contribution in [0.4, 0.5) is 0 Å². The van der Waals surface area contributed by atoms with E-state index < -0.39 is 0 Å². The number of carbonyl (C=O) groups excluding carboxylic acids is 1. The Morgan fingerprint density at radius 1 is 1.45 bits per heavy atom. The lowest BCUT2D eigenvalue weighted by molar-refractivity contribution is 0.1000. The maximum Gasteiger partial charge on any atom is 0.248 e. The van der Waals surface area contributed by atoms with Crippen molar-refractivity contribution >= 4 is 5.91 Å². The summed E-state index contributed by atoms with van der Waals surface area (Å²) in [5.41, 5.74) is 7.08. The van der Waals surface area contributed by atoms with E-state index in [0.29, 0.717) is 11.6 Å². The van der Waals surface area contributed by atoms with Gasteiger partial charge in [0.1, 0.15) is 0 Å². The van der Waals surface area contributed by atoms with Gasteiger partial charge in [0.15, 0.2) is 0 Å². The third kappa shape index (κ3) is 4.32. The van der Waals surface area contributed by atoms with Crippen LogP contribution in [0.15, 0.2) is 24.3 Å². The van der Waals surface area contributed by atoms with Crippen LogP contribution in [-0.2, 0) is 6.54 Å². The lowest BCUT2D eigenvalue weighted by Gasteiger charge is -2.30. The molecule has 1 unspecified atom stereocenters. The van der Waals surface area contributed by atoms with E-state index in [0.717, 1.165) is 31.7 Å². The largest absolute Gasteiger partial charge is 0.366 e. The lowest BCUT2D eigenvalue weighted by Crippen LogP contribution is -2.43. The first-order valence-corrected chi connectivity index (χ1v) is 7.53. The van der Waals surface area contributed by atoms with Crippen molar-refractivity contribution in [2.75, 3.05) is 19.6 Å². The predicted molar refractivity (Wildman–Crippen MR) is 81.6 cm³/mol. The van der Waals surface area contributed by atoms with Gasteiger partial charge in [-0.05, 0) is 43.6 Å². The number of likely N-dealkylation sites (N-methyl/N-ethyl adjacent to an activating group) is 1. The second-order valence-corrected chi connectivity index (χ2v) is 5.54. The minimum atomic E-state index is -0.358. The van der Waals surface area contributed by atoms with Crippen LogP contribution in [0.5, 0.6) is 0 Å². The van der Waals surface area contributed by atoms with Crippen molar-refractivity contribution < 1.29 is 4.79 Å². The fraction of sp³-hybridized carbons (Fsp3) is 0.562. The van der Waals surface area contributed by atoms with Crippen molar-refractivity contribution in [1.29, 1.82) is 0 Å². The highest BCUT2D eigenvalue weighted by Gasteiger charge is 2.16. The van der Waals surface area contributed by atoms with Gasteiger partial charge in [-0.2, -0.15) is 0 Å². The number of rotatable bonds is 6. The molecule has 20 heavy (non-hydrogen) atoms. The number of hydrogen-bond donors (Lipinski definition) is 2. The van der Waals surface area contributed by atoms with E-state index >= 15 is 0 Å². The molecule has 0 radical (unpaired) electrons. The molecule has 0 aliphatic carbocycles. The van der Waals surface area contributed by atoms with Crippen molar-refractivity contribution in [3.05, 3.63) is 35.4 Å². The van der Waals surface area contributed by atoms with Gasteiger partial charge in [0.25, 0.3) is 0 Å². The lowest BCUT2D eigenvalue weighted by atomic mass is 10.0. The molecule has 4 nitrogen and oxygen atoms in total. The van der Waals surface area contributed by atoms with Crippen molar-refractivity contribution in [3.63, 3.8) is 0 Å². The summed E-state index contributed by atoms with van der Waals surface area (Å²) in [6.07, 6.45) is 3.88. The van der Waals surface area contributed by atoms with Crippen LogP contribution < -0.4 is 11.1 Å². The standard InChI is InChI=1S/C16H25N3O/c1-2-19(12-15-8-3-4-9-18-15)11-13-6-5-7-14(10-13)16(17)20/h5-7,10,15,18H,2-4,8-9,11-12H2,1H3,(H2,17,20). The zero-order valence-corrected chi connectivity index (χ0v) is 12.3. The molecule has 1 heterocycles. The van der Waals surface area contributed by atoms with Crippen LogP contribution in [-0.4, -0.2) is 36.5 Å². The SMILES string of the molecule is CCN(Cc1cccc(C(N)=O)c1)CC1CCCCN1. The Balaban J connectivity index is 1.94. The Morgan fingerprint density at radius 3 is 2.95 bits per heavy atom. The van der Waals surface area contributed by atoms with Crippen molar-refractivity contribution in [2.45, 2.75) is 38.8 Å². The van der Waals surface area contributed by atoms with Crippen LogP contribution in [0, 0.1) is 0 Å². The molecule has 1 aliphatic heterocycles. The third-order valence-electron chi connectivity index (χ3n) is 3.96. The van der Waals surface area contributed by atoms with Crippen LogP contribution in [0.2, 0.25) is 0 Å². The summed E-state index contributed by atoms with van der Waals surface area (Å²) in [7, 11) is 0. The fourth-order valence-corrected chi connectivity index (χ4v) is 2.78. The molecule has 0 spiro atoms. The molecule has 1 amide bonds. The van der Waals surface area contributed by atoms with Gasteiger partial charge < -0.3 is 11.1 Å². The summed E-state index contributed by atoms with van der Waals surface area (Å²) in [5, 5.41) is 3.58. The molecule has 0 bridgehead atoms. The van der Waals surface area contributed by atoms with Gasteiger partial charge in [-0.3, -0.25) is 9.69 Å². The van der Waals surface area contributed by atoms with Crippen LogP contribution in [0.1, 0.15) is 42.1 Å². The van der Waals surface area contributed by atoms with Crippen LogP contribution in [0.25, 0.3) is 0 Å². The van der Waals surface area contributed by atoms with Crippen LogP contribution >= 0.6 is 0 Å². The number of nitrogens with zero attached hydrogens (tertiary/aromatic N) is 1. The molecule has 1 aliphatic rings. The average molecular weight is 275 g/mol. The number of piperidine rings is 1. The van der Waals surface area contributed by atoms with E-state index in [2.05, 4.69) is 23.2 Å². The molecule has 110 valence electrons. The van der Waals surface area contributed by atoms with Gasteiger partial charge in [-0.15, -0.1) is 0 Å². The van der Waals surface area contributed by atoms with E-state index in [1.165, 1.54) is 19.3 Å².